The summed E-state index contributed by atoms with van der Waals surface area (Å²) >= 11 is 0. The van der Waals surface area contributed by atoms with E-state index in [2.05, 4.69) is 0 Å². The van der Waals surface area contributed by atoms with Gasteiger partial charge in [-0.3, -0.25) is 0 Å². The first kappa shape index (κ1) is 9.40. The smallest absolute Gasteiger partial charge is 0.122 e. The summed E-state index contributed by atoms with van der Waals surface area (Å²) in [6, 6.07) is 5.01. The fraction of sp³-hybridized carbons (Fsp3) is 0.300. The number of nitriles is 1. The third-order valence-electron chi connectivity index (χ3n) is 1.90. The second-order valence-corrected chi connectivity index (χ2v) is 2.93. The second kappa shape index (κ2) is 3.81. The molecule has 3 heteroatoms. The monoisotopic (exact) mass is 177 g/mol. The number of phenolic OH excluding ortho intramolecular Hbond substituents is 2. The van der Waals surface area contributed by atoms with Gasteiger partial charge in [0, 0.05) is 12.5 Å². The summed E-state index contributed by atoms with van der Waals surface area (Å²) in [4.78, 5) is 0. The molecule has 1 aromatic rings. The number of aromatic hydroxyl groups is 2. The van der Waals surface area contributed by atoms with Gasteiger partial charge in [0.05, 0.1) is 6.07 Å². The van der Waals surface area contributed by atoms with Crippen LogP contribution >= 0.6 is 0 Å². The molecule has 0 aliphatic heterocycles. The Balaban J connectivity index is 2.96. The molecule has 1 aromatic carbocycles. The van der Waals surface area contributed by atoms with Crippen LogP contribution in [0.15, 0.2) is 12.1 Å². The van der Waals surface area contributed by atoms with E-state index in [1.807, 2.05) is 6.07 Å². The Morgan fingerprint density at radius 2 is 2.00 bits per heavy atom. The zero-order chi connectivity index (χ0) is 9.84. The first-order chi connectivity index (χ1) is 6.15. The first-order valence-corrected chi connectivity index (χ1v) is 4.03. The first-order valence-electron chi connectivity index (χ1n) is 4.03. The number of phenols is 2. The van der Waals surface area contributed by atoms with Crippen molar-refractivity contribution in [3.05, 3.63) is 23.3 Å². The van der Waals surface area contributed by atoms with Crippen molar-refractivity contribution in [2.24, 2.45) is 0 Å². The number of rotatable bonds is 2. The van der Waals surface area contributed by atoms with Crippen molar-refractivity contribution in [2.75, 3.05) is 0 Å². The van der Waals surface area contributed by atoms with Gasteiger partial charge in [-0.2, -0.15) is 5.26 Å². The van der Waals surface area contributed by atoms with E-state index in [9.17, 15) is 10.2 Å². The lowest BCUT2D eigenvalue weighted by Crippen LogP contribution is -1.87. The van der Waals surface area contributed by atoms with Gasteiger partial charge in [0.15, 0.2) is 0 Å². The van der Waals surface area contributed by atoms with Crippen LogP contribution in [0.4, 0.5) is 0 Å². The van der Waals surface area contributed by atoms with E-state index >= 15 is 0 Å². The van der Waals surface area contributed by atoms with Gasteiger partial charge in [-0.15, -0.1) is 0 Å². The Labute approximate surface area is 76.9 Å². The highest BCUT2D eigenvalue weighted by molar-refractivity contribution is 5.44. The van der Waals surface area contributed by atoms with Crippen LogP contribution in [0.1, 0.15) is 17.5 Å². The Bertz CT molecular complexity index is 353. The van der Waals surface area contributed by atoms with Crippen molar-refractivity contribution in [3.8, 4) is 17.6 Å². The highest BCUT2D eigenvalue weighted by Gasteiger charge is 2.04. The minimum atomic E-state index is 0.0540. The average Bonchev–Trinajstić information content (AvgIpc) is 2.09. The van der Waals surface area contributed by atoms with Gasteiger partial charge in [-0.05, 0) is 30.5 Å². The van der Waals surface area contributed by atoms with Crippen LogP contribution in [0.25, 0.3) is 0 Å². The molecule has 13 heavy (non-hydrogen) atoms. The molecule has 0 amide bonds. The van der Waals surface area contributed by atoms with E-state index in [4.69, 9.17) is 5.26 Å². The van der Waals surface area contributed by atoms with E-state index in [0.717, 1.165) is 0 Å². The zero-order valence-corrected chi connectivity index (χ0v) is 7.41. The maximum absolute atomic E-state index is 9.37. The molecule has 0 heterocycles. The van der Waals surface area contributed by atoms with E-state index in [0.29, 0.717) is 24.0 Å². The van der Waals surface area contributed by atoms with E-state index in [-0.39, 0.29) is 11.5 Å². The number of benzene rings is 1. The van der Waals surface area contributed by atoms with Gasteiger partial charge in [0.1, 0.15) is 11.5 Å². The lowest BCUT2D eigenvalue weighted by molar-refractivity contribution is 0.443. The number of hydrogen-bond acceptors (Lipinski definition) is 3. The summed E-state index contributed by atoms with van der Waals surface area (Å²) in [6.45, 7) is 1.75. The normalized spacial score (nSPS) is 9.54. The predicted molar refractivity (Wildman–Crippen MR) is 48.4 cm³/mol. The molecule has 0 spiro atoms. The maximum atomic E-state index is 9.37. The van der Waals surface area contributed by atoms with Crippen LogP contribution in [-0.2, 0) is 6.42 Å². The summed E-state index contributed by atoms with van der Waals surface area (Å²) in [5.41, 5.74) is 1.42. The molecule has 0 saturated heterocycles. The fourth-order valence-electron chi connectivity index (χ4n) is 1.14. The largest absolute Gasteiger partial charge is 0.508 e. The molecule has 1 rings (SSSR count). The van der Waals surface area contributed by atoms with E-state index < -0.39 is 0 Å². The van der Waals surface area contributed by atoms with Gasteiger partial charge in [0.2, 0.25) is 0 Å². The van der Waals surface area contributed by atoms with Crippen molar-refractivity contribution in [3.63, 3.8) is 0 Å². The highest BCUT2D eigenvalue weighted by atomic mass is 16.3. The molecule has 0 aliphatic carbocycles. The Morgan fingerprint density at radius 1 is 1.31 bits per heavy atom. The van der Waals surface area contributed by atoms with Crippen LogP contribution in [0, 0.1) is 18.3 Å². The zero-order valence-electron chi connectivity index (χ0n) is 7.41. The second-order valence-electron chi connectivity index (χ2n) is 2.93. The van der Waals surface area contributed by atoms with E-state index in [1.165, 1.54) is 6.07 Å². The third-order valence-corrected chi connectivity index (χ3v) is 1.90. The molecular weight excluding hydrogens is 166 g/mol. The minimum absolute atomic E-state index is 0.0540. The SMILES string of the molecule is Cc1cc(CCC#N)c(O)cc1O. The molecule has 0 saturated carbocycles. The van der Waals surface area contributed by atoms with Crippen molar-refractivity contribution in [1.82, 2.24) is 0 Å². The molecule has 0 bridgehead atoms. The topological polar surface area (TPSA) is 64.2 Å². The van der Waals surface area contributed by atoms with Crippen molar-refractivity contribution in [1.29, 1.82) is 5.26 Å². The molecular formula is C10H11NO2. The number of nitrogens with zero attached hydrogens (tertiary/aromatic N) is 1. The predicted octanol–water partition coefficient (Wildman–Crippen LogP) is 1.86. The summed E-state index contributed by atoms with van der Waals surface area (Å²) in [7, 11) is 0. The highest BCUT2D eigenvalue weighted by Crippen LogP contribution is 2.27. The van der Waals surface area contributed by atoms with E-state index in [1.54, 1.807) is 13.0 Å². The maximum Gasteiger partial charge on any atom is 0.122 e. The fourth-order valence-corrected chi connectivity index (χ4v) is 1.14. The molecule has 68 valence electrons. The van der Waals surface area contributed by atoms with Gasteiger partial charge in [0.25, 0.3) is 0 Å². The molecule has 0 radical (unpaired) electrons. The quantitative estimate of drug-likeness (QED) is 0.724. The van der Waals surface area contributed by atoms with Crippen LogP contribution in [0.3, 0.4) is 0 Å². The third kappa shape index (κ3) is 2.12. The van der Waals surface area contributed by atoms with Gasteiger partial charge in [-0.25, -0.2) is 0 Å². The molecule has 0 fully saturated rings. The minimum Gasteiger partial charge on any atom is -0.508 e. The molecule has 0 aliphatic rings. The molecule has 3 nitrogen and oxygen atoms in total. The molecule has 2 N–H and O–H groups in total. The van der Waals surface area contributed by atoms with Crippen molar-refractivity contribution >= 4 is 0 Å². The number of hydrogen-bond donors (Lipinski definition) is 2. The summed E-state index contributed by atoms with van der Waals surface area (Å²) in [5.74, 6) is 0.136. The lowest BCUT2D eigenvalue weighted by atomic mass is 10.1. The van der Waals surface area contributed by atoms with Crippen LogP contribution in [0.5, 0.6) is 11.5 Å². The standard InChI is InChI=1S/C10H11NO2/c1-7-5-8(3-2-4-11)10(13)6-9(7)12/h5-6,12-13H,2-3H2,1H3. The Kier molecular flexibility index (Phi) is 2.76. The Morgan fingerprint density at radius 3 is 2.62 bits per heavy atom. The van der Waals surface area contributed by atoms with Gasteiger partial charge >= 0.3 is 0 Å². The average molecular weight is 177 g/mol. The van der Waals surface area contributed by atoms with Crippen molar-refractivity contribution < 1.29 is 10.2 Å². The van der Waals surface area contributed by atoms with Gasteiger partial charge in [-0.1, -0.05) is 0 Å². The van der Waals surface area contributed by atoms with Crippen LogP contribution in [-0.4, -0.2) is 10.2 Å². The summed E-state index contributed by atoms with van der Waals surface area (Å²) in [6.07, 6.45) is 0.890. The summed E-state index contributed by atoms with van der Waals surface area (Å²) in [5, 5.41) is 27.0. The van der Waals surface area contributed by atoms with Crippen LogP contribution in [0.2, 0.25) is 0 Å². The van der Waals surface area contributed by atoms with Crippen LogP contribution < -0.4 is 0 Å². The van der Waals surface area contributed by atoms with Gasteiger partial charge < -0.3 is 10.2 Å². The number of aryl methyl sites for hydroxylation is 2. The molecule has 0 atom stereocenters. The van der Waals surface area contributed by atoms with Crippen molar-refractivity contribution in [2.45, 2.75) is 19.8 Å². The summed E-state index contributed by atoms with van der Waals surface area (Å²) < 4.78 is 0. The lowest BCUT2D eigenvalue weighted by Gasteiger charge is -2.05. The Hall–Kier alpha value is -1.69. The molecule has 0 unspecified atom stereocenters. The molecule has 0 aromatic heterocycles.